The van der Waals surface area contributed by atoms with Crippen LogP contribution in [0.1, 0.15) is 64.6 Å². The zero-order chi connectivity index (χ0) is 22.2. The van der Waals surface area contributed by atoms with Gasteiger partial charge in [-0.15, -0.1) is 0 Å². The molecule has 0 aliphatic carbocycles. The summed E-state index contributed by atoms with van der Waals surface area (Å²) in [5.41, 5.74) is 2.11. The topological polar surface area (TPSA) is 77.5 Å². The van der Waals surface area contributed by atoms with Crippen LogP contribution in [-0.2, 0) is 6.54 Å². The number of rotatable bonds is 10. The largest absolute Gasteiger partial charge is 0.474 e. The summed E-state index contributed by atoms with van der Waals surface area (Å²) in [5.74, 6) is 1.02. The van der Waals surface area contributed by atoms with Gasteiger partial charge in [0.15, 0.2) is 0 Å². The summed E-state index contributed by atoms with van der Waals surface area (Å²) >= 11 is 0. The highest BCUT2D eigenvalue weighted by molar-refractivity contribution is 5.37. The van der Waals surface area contributed by atoms with Gasteiger partial charge in [-0.1, -0.05) is 30.3 Å². The van der Waals surface area contributed by atoms with Crippen molar-refractivity contribution >= 4 is 0 Å². The Labute approximate surface area is 185 Å². The Hall–Kier alpha value is -2.38. The van der Waals surface area contributed by atoms with Crippen molar-refractivity contribution in [3.63, 3.8) is 0 Å². The van der Waals surface area contributed by atoms with Gasteiger partial charge in [-0.05, 0) is 59.6 Å². The summed E-state index contributed by atoms with van der Waals surface area (Å²) in [6.07, 6.45) is 2.17. The lowest BCUT2D eigenvalue weighted by Gasteiger charge is -2.34. The quantitative estimate of drug-likeness (QED) is 0.591. The molecule has 1 aromatic heterocycles. The van der Waals surface area contributed by atoms with Crippen LogP contribution in [0.2, 0.25) is 0 Å². The maximum Gasteiger partial charge on any atom is 0.323 e. The minimum Gasteiger partial charge on any atom is -0.474 e. The van der Waals surface area contributed by atoms with E-state index in [4.69, 9.17) is 14.2 Å². The lowest BCUT2D eigenvalue weighted by molar-refractivity contribution is 0.198. The molecule has 1 aromatic carbocycles. The van der Waals surface area contributed by atoms with E-state index in [2.05, 4.69) is 50.9 Å². The molecule has 170 valence electrons. The first-order chi connectivity index (χ1) is 15.0. The molecule has 2 heterocycles. The summed E-state index contributed by atoms with van der Waals surface area (Å²) in [5, 5.41) is 7.39. The average Bonchev–Trinajstić information content (AvgIpc) is 2.73. The number of hydrogen-bond acceptors (Lipinski definition) is 7. The van der Waals surface area contributed by atoms with E-state index < -0.39 is 0 Å². The Morgan fingerprint density at radius 1 is 1.03 bits per heavy atom. The van der Waals surface area contributed by atoms with Gasteiger partial charge >= 0.3 is 6.01 Å². The first kappa shape index (κ1) is 23.3. The fourth-order valence-electron chi connectivity index (χ4n) is 3.76. The van der Waals surface area contributed by atoms with E-state index in [0.29, 0.717) is 24.9 Å². The van der Waals surface area contributed by atoms with Crippen molar-refractivity contribution < 1.29 is 14.2 Å². The fourth-order valence-corrected chi connectivity index (χ4v) is 3.76. The fraction of sp³-hybridized carbons (Fsp3) is 0.583. The lowest BCUT2D eigenvalue weighted by atomic mass is 9.92. The number of nitrogens with zero attached hydrogens (tertiary/aromatic N) is 2. The first-order valence-electron chi connectivity index (χ1n) is 11.4. The molecular weight excluding hydrogens is 392 g/mol. The van der Waals surface area contributed by atoms with Crippen LogP contribution < -0.4 is 24.8 Å². The molecule has 1 saturated heterocycles. The highest BCUT2D eigenvalue weighted by Gasteiger charge is 2.27. The van der Waals surface area contributed by atoms with E-state index in [-0.39, 0.29) is 30.3 Å². The maximum absolute atomic E-state index is 6.04. The molecule has 1 fully saturated rings. The lowest BCUT2D eigenvalue weighted by Crippen LogP contribution is -2.45. The molecule has 7 nitrogen and oxygen atoms in total. The standard InChI is InChI=1S/C24H36N4O3/c1-6-29-24-27-22(30-16(2)3)19(23(28-24)31-17(4)5)15-26-20-13-10-14-25-21(20)18-11-8-7-9-12-18/h7-9,11-12,16-17,20-21,25-26H,6,10,13-15H2,1-5H3/t20-,21-/m0/s1. The highest BCUT2D eigenvalue weighted by Crippen LogP contribution is 2.31. The van der Waals surface area contributed by atoms with Gasteiger partial charge < -0.3 is 24.8 Å². The van der Waals surface area contributed by atoms with Crippen LogP contribution >= 0.6 is 0 Å². The van der Waals surface area contributed by atoms with E-state index in [0.717, 1.165) is 24.9 Å². The van der Waals surface area contributed by atoms with Crippen molar-refractivity contribution in [2.75, 3.05) is 13.2 Å². The summed E-state index contributed by atoms with van der Waals surface area (Å²) < 4.78 is 17.6. The smallest absolute Gasteiger partial charge is 0.323 e. The molecule has 31 heavy (non-hydrogen) atoms. The summed E-state index contributed by atoms with van der Waals surface area (Å²) in [6, 6.07) is 11.4. The van der Waals surface area contributed by atoms with Gasteiger partial charge in [0, 0.05) is 18.6 Å². The van der Waals surface area contributed by atoms with E-state index in [9.17, 15) is 0 Å². The van der Waals surface area contributed by atoms with Crippen molar-refractivity contribution in [3.05, 3.63) is 41.5 Å². The Bertz CT molecular complexity index is 783. The molecule has 1 aliphatic rings. The van der Waals surface area contributed by atoms with Crippen LogP contribution in [-0.4, -0.2) is 41.4 Å². The molecule has 1 aliphatic heterocycles. The number of ether oxygens (including phenoxy) is 3. The average molecular weight is 429 g/mol. The van der Waals surface area contributed by atoms with Gasteiger partial charge in [0.2, 0.25) is 11.8 Å². The second-order valence-corrected chi connectivity index (χ2v) is 8.33. The van der Waals surface area contributed by atoms with Crippen LogP contribution in [0.25, 0.3) is 0 Å². The SMILES string of the molecule is CCOc1nc(OC(C)C)c(CN[C@H]2CCCN[C@H]2c2ccccc2)c(OC(C)C)n1. The zero-order valence-corrected chi connectivity index (χ0v) is 19.4. The highest BCUT2D eigenvalue weighted by atomic mass is 16.5. The van der Waals surface area contributed by atoms with Crippen molar-refractivity contribution in [1.29, 1.82) is 0 Å². The summed E-state index contributed by atoms with van der Waals surface area (Å²) in [7, 11) is 0. The van der Waals surface area contributed by atoms with Crippen LogP contribution in [0, 0.1) is 0 Å². The van der Waals surface area contributed by atoms with Gasteiger partial charge in [-0.2, -0.15) is 9.97 Å². The van der Waals surface area contributed by atoms with Crippen LogP contribution in [0.4, 0.5) is 0 Å². The van der Waals surface area contributed by atoms with Gasteiger partial charge in [0.1, 0.15) is 0 Å². The molecule has 0 unspecified atom stereocenters. The monoisotopic (exact) mass is 428 g/mol. The predicted molar refractivity (Wildman–Crippen MR) is 122 cm³/mol. The predicted octanol–water partition coefficient (Wildman–Crippen LogP) is 4.03. The third-order valence-electron chi connectivity index (χ3n) is 5.04. The molecule has 0 saturated carbocycles. The molecule has 2 aromatic rings. The second kappa shape index (κ2) is 11.3. The molecule has 0 amide bonds. The molecule has 3 rings (SSSR count). The number of nitrogens with one attached hydrogen (secondary N) is 2. The minimum absolute atomic E-state index is 0.0246. The Kier molecular flexibility index (Phi) is 8.49. The third-order valence-corrected chi connectivity index (χ3v) is 5.04. The molecule has 0 spiro atoms. The molecule has 7 heteroatoms. The number of benzene rings is 1. The number of aromatic nitrogens is 2. The normalized spacial score (nSPS) is 18.9. The first-order valence-corrected chi connectivity index (χ1v) is 11.4. The van der Waals surface area contributed by atoms with E-state index in [1.54, 1.807) is 0 Å². The van der Waals surface area contributed by atoms with Crippen molar-refractivity contribution in [2.45, 2.75) is 78.3 Å². The van der Waals surface area contributed by atoms with Crippen molar-refractivity contribution in [2.24, 2.45) is 0 Å². The van der Waals surface area contributed by atoms with Crippen LogP contribution in [0.5, 0.6) is 17.8 Å². The molecule has 2 N–H and O–H groups in total. The Morgan fingerprint density at radius 2 is 1.68 bits per heavy atom. The Balaban J connectivity index is 1.87. The van der Waals surface area contributed by atoms with Gasteiger partial charge in [0.05, 0.1) is 24.4 Å². The van der Waals surface area contributed by atoms with E-state index >= 15 is 0 Å². The Morgan fingerprint density at radius 3 is 2.26 bits per heavy atom. The van der Waals surface area contributed by atoms with Gasteiger partial charge in [0.25, 0.3) is 0 Å². The van der Waals surface area contributed by atoms with Gasteiger partial charge in [-0.3, -0.25) is 0 Å². The van der Waals surface area contributed by atoms with Crippen molar-refractivity contribution in [3.8, 4) is 17.8 Å². The minimum atomic E-state index is -0.0246. The third kappa shape index (κ3) is 6.55. The maximum atomic E-state index is 6.04. The van der Waals surface area contributed by atoms with Crippen molar-refractivity contribution in [1.82, 2.24) is 20.6 Å². The van der Waals surface area contributed by atoms with Crippen LogP contribution in [0.3, 0.4) is 0 Å². The van der Waals surface area contributed by atoms with Gasteiger partial charge in [-0.25, -0.2) is 0 Å². The van der Waals surface area contributed by atoms with E-state index in [1.807, 2.05) is 34.6 Å². The number of piperidine rings is 1. The zero-order valence-electron chi connectivity index (χ0n) is 19.4. The number of hydrogen-bond donors (Lipinski definition) is 2. The molecule has 2 atom stereocenters. The van der Waals surface area contributed by atoms with E-state index in [1.165, 1.54) is 5.56 Å². The molecule has 0 radical (unpaired) electrons. The summed E-state index contributed by atoms with van der Waals surface area (Å²) in [6.45, 7) is 11.9. The van der Waals surface area contributed by atoms with Crippen LogP contribution in [0.15, 0.2) is 30.3 Å². The summed E-state index contributed by atoms with van der Waals surface area (Å²) in [4.78, 5) is 9.04. The second-order valence-electron chi connectivity index (χ2n) is 8.33. The molecular formula is C24H36N4O3. The molecule has 0 bridgehead atoms.